The molecule has 2 N–H and O–H groups in total. The average Bonchev–Trinajstić information content (AvgIpc) is 3.15. The van der Waals surface area contributed by atoms with Gasteiger partial charge in [0, 0.05) is 5.56 Å². The van der Waals surface area contributed by atoms with Crippen molar-refractivity contribution >= 4 is 40.6 Å². The molecule has 2 aromatic carbocycles. The normalized spacial score (nSPS) is 10.5. The number of anilines is 1. The maximum atomic E-state index is 12.2. The molecular weight excluding hydrogens is 406 g/mol. The van der Waals surface area contributed by atoms with Crippen LogP contribution in [-0.4, -0.2) is 38.9 Å². The highest BCUT2D eigenvalue weighted by Crippen LogP contribution is 2.29. The molecule has 0 spiro atoms. The minimum Gasteiger partial charge on any atom is -0.496 e. The second kappa shape index (κ2) is 8.72. The molecule has 144 valence electrons. The predicted octanol–water partition coefficient (Wildman–Crippen LogP) is 3.77. The zero-order chi connectivity index (χ0) is 20.1. The number of hydrogen-bond acceptors (Lipinski definition) is 7. The van der Waals surface area contributed by atoms with Gasteiger partial charge in [-0.2, -0.15) is 0 Å². The Kier molecular flexibility index (Phi) is 6.12. The molecule has 0 aliphatic heterocycles. The Hall–Kier alpha value is -3.11. The zero-order valence-electron chi connectivity index (χ0n) is 14.5. The SMILES string of the molecule is COc1ccc(NC(=O)CSc2n[nH]c(-c3ccccc3Cl)n2)c([N+](=O)[O-])c1. The standard InChI is InChI=1S/C17H14ClN5O4S/c1-27-10-6-7-13(14(8-10)23(25)26)19-15(24)9-28-17-20-16(21-22-17)11-4-2-3-5-12(11)18/h2-8H,9H2,1H3,(H,19,24)(H,20,21,22). The van der Waals surface area contributed by atoms with Crippen LogP contribution in [0.4, 0.5) is 11.4 Å². The number of carbonyl (C=O) groups excluding carboxylic acids is 1. The van der Waals surface area contributed by atoms with Crippen LogP contribution in [0.5, 0.6) is 5.75 Å². The second-order valence-electron chi connectivity index (χ2n) is 5.42. The van der Waals surface area contributed by atoms with Crippen molar-refractivity contribution in [2.75, 3.05) is 18.2 Å². The molecule has 1 heterocycles. The number of rotatable bonds is 7. The average molecular weight is 420 g/mol. The Morgan fingerprint density at radius 3 is 2.86 bits per heavy atom. The summed E-state index contributed by atoms with van der Waals surface area (Å²) < 4.78 is 4.97. The first-order valence-corrected chi connectivity index (χ1v) is 9.26. The van der Waals surface area contributed by atoms with E-state index >= 15 is 0 Å². The van der Waals surface area contributed by atoms with Crippen LogP contribution >= 0.6 is 23.4 Å². The summed E-state index contributed by atoms with van der Waals surface area (Å²) in [5, 5.41) is 21.4. The first kappa shape index (κ1) is 19.6. The van der Waals surface area contributed by atoms with Crippen molar-refractivity contribution in [2.24, 2.45) is 0 Å². The number of carbonyl (C=O) groups is 1. The van der Waals surface area contributed by atoms with Gasteiger partial charge in [0.15, 0.2) is 5.82 Å². The Balaban J connectivity index is 1.64. The number of benzene rings is 2. The number of nitrogens with zero attached hydrogens (tertiary/aromatic N) is 3. The first-order chi connectivity index (χ1) is 13.5. The van der Waals surface area contributed by atoms with Gasteiger partial charge in [-0.25, -0.2) is 4.98 Å². The van der Waals surface area contributed by atoms with Crippen LogP contribution in [0.2, 0.25) is 5.02 Å². The number of H-pyrrole nitrogens is 1. The van der Waals surface area contributed by atoms with Gasteiger partial charge < -0.3 is 10.1 Å². The molecule has 11 heteroatoms. The zero-order valence-corrected chi connectivity index (χ0v) is 16.1. The molecule has 0 atom stereocenters. The molecule has 3 aromatic rings. The summed E-state index contributed by atoms with van der Waals surface area (Å²) >= 11 is 7.21. The number of nitrogens with one attached hydrogen (secondary N) is 2. The molecule has 0 saturated heterocycles. The van der Waals surface area contributed by atoms with Crippen molar-refractivity contribution in [3.05, 3.63) is 57.6 Å². The van der Waals surface area contributed by atoms with E-state index in [0.717, 1.165) is 11.8 Å². The fourth-order valence-corrected chi connectivity index (χ4v) is 3.12. The van der Waals surface area contributed by atoms with Crippen LogP contribution in [0.15, 0.2) is 47.6 Å². The van der Waals surface area contributed by atoms with E-state index in [-0.39, 0.29) is 17.1 Å². The maximum Gasteiger partial charge on any atom is 0.296 e. The minimum absolute atomic E-state index is 0.0248. The van der Waals surface area contributed by atoms with Crippen molar-refractivity contribution < 1.29 is 14.5 Å². The summed E-state index contributed by atoms with van der Waals surface area (Å²) in [6.07, 6.45) is 0. The third-order valence-electron chi connectivity index (χ3n) is 3.60. The number of halogens is 1. The molecule has 1 aromatic heterocycles. The summed E-state index contributed by atoms with van der Waals surface area (Å²) in [5.74, 6) is 0.358. The van der Waals surface area contributed by atoms with Crippen LogP contribution in [0.25, 0.3) is 11.4 Å². The number of nitro groups is 1. The van der Waals surface area contributed by atoms with Crippen LogP contribution in [-0.2, 0) is 4.79 Å². The van der Waals surface area contributed by atoms with E-state index in [0.29, 0.717) is 27.3 Å². The van der Waals surface area contributed by atoms with E-state index in [1.807, 2.05) is 6.07 Å². The molecule has 0 radical (unpaired) electrons. The van der Waals surface area contributed by atoms with Gasteiger partial charge in [0.25, 0.3) is 5.69 Å². The van der Waals surface area contributed by atoms with Crippen molar-refractivity contribution in [1.29, 1.82) is 0 Å². The molecule has 0 aliphatic carbocycles. The Morgan fingerprint density at radius 1 is 1.36 bits per heavy atom. The van der Waals surface area contributed by atoms with Gasteiger partial charge in [0.1, 0.15) is 11.4 Å². The Labute approximate surface area is 168 Å². The molecule has 9 nitrogen and oxygen atoms in total. The summed E-state index contributed by atoms with van der Waals surface area (Å²) in [4.78, 5) is 27.1. The number of thioether (sulfide) groups is 1. The smallest absolute Gasteiger partial charge is 0.296 e. The number of nitro benzene ring substituents is 1. The third-order valence-corrected chi connectivity index (χ3v) is 4.78. The fraction of sp³-hybridized carbons (Fsp3) is 0.118. The lowest BCUT2D eigenvalue weighted by Gasteiger charge is -2.06. The van der Waals surface area contributed by atoms with Gasteiger partial charge in [-0.15, -0.1) is 5.10 Å². The second-order valence-corrected chi connectivity index (χ2v) is 6.77. The number of methoxy groups -OCH3 is 1. The summed E-state index contributed by atoms with van der Waals surface area (Å²) in [5.41, 5.74) is 0.529. The van der Waals surface area contributed by atoms with E-state index in [4.69, 9.17) is 16.3 Å². The van der Waals surface area contributed by atoms with Gasteiger partial charge in [0.2, 0.25) is 11.1 Å². The first-order valence-electron chi connectivity index (χ1n) is 7.90. The number of aromatic nitrogens is 3. The van der Waals surface area contributed by atoms with Gasteiger partial charge in [-0.05, 0) is 24.3 Å². The highest BCUT2D eigenvalue weighted by molar-refractivity contribution is 7.99. The molecule has 28 heavy (non-hydrogen) atoms. The van der Waals surface area contributed by atoms with Crippen LogP contribution in [0.1, 0.15) is 0 Å². The topological polar surface area (TPSA) is 123 Å². The summed E-state index contributed by atoms with van der Waals surface area (Å²) in [6, 6.07) is 11.4. The van der Waals surface area contributed by atoms with Crippen molar-refractivity contribution in [1.82, 2.24) is 15.2 Å². The number of aromatic amines is 1. The molecule has 0 fully saturated rings. The van der Waals surface area contributed by atoms with Crippen LogP contribution < -0.4 is 10.1 Å². The number of hydrogen-bond donors (Lipinski definition) is 2. The third kappa shape index (κ3) is 4.59. The molecule has 0 saturated carbocycles. The van der Waals surface area contributed by atoms with Gasteiger partial charge >= 0.3 is 0 Å². The molecule has 0 unspecified atom stereocenters. The van der Waals surface area contributed by atoms with Gasteiger partial charge in [-0.3, -0.25) is 20.0 Å². The lowest BCUT2D eigenvalue weighted by Crippen LogP contribution is -2.15. The molecule has 0 bridgehead atoms. The number of ether oxygens (including phenoxy) is 1. The quantitative estimate of drug-likeness (QED) is 0.339. The lowest BCUT2D eigenvalue weighted by atomic mass is 10.2. The molecule has 1 amide bonds. The van der Waals surface area contributed by atoms with Gasteiger partial charge in [0.05, 0.1) is 28.9 Å². The van der Waals surface area contributed by atoms with E-state index in [1.54, 1.807) is 18.2 Å². The lowest BCUT2D eigenvalue weighted by molar-refractivity contribution is -0.384. The van der Waals surface area contributed by atoms with Crippen molar-refractivity contribution in [3.8, 4) is 17.1 Å². The van der Waals surface area contributed by atoms with Crippen molar-refractivity contribution in [3.63, 3.8) is 0 Å². The minimum atomic E-state index is -0.587. The van der Waals surface area contributed by atoms with Crippen LogP contribution in [0.3, 0.4) is 0 Å². The van der Waals surface area contributed by atoms with Crippen molar-refractivity contribution in [2.45, 2.75) is 5.16 Å². The molecule has 0 aliphatic rings. The fourth-order valence-electron chi connectivity index (χ4n) is 2.30. The molecule has 3 rings (SSSR count). The predicted molar refractivity (Wildman–Crippen MR) is 106 cm³/mol. The Morgan fingerprint density at radius 2 is 2.14 bits per heavy atom. The van der Waals surface area contributed by atoms with E-state index in [9.17, 15) is 14.9 Å². The van der Waals surface area contributed by atoms with E-state index in [1.165, 1.54) is 25.3 Å². The van der Waals surface area contributed by atoms with E-state index in [2.05, 4.69) is 20.5 Å². The Bertz CT molecular complexity index is 1030. The highest BCUT2D eigenvalue weighted by atomic mass is 35.5. The largest absolute Gasteiger partial charge is 0.496 e. The molecular formula is C17H14ClN5O4S. The van der Waals surface area contributed by atoms with E-state index < -0.39 is 10.8 Å². The van der Waals surface area contributed by atoms with Gasteiger partial charge in [-0.1, -0.05) is 35.5 Å². The van der Waals surface area contributed by atoms with Crippen LogP contribution in [0, 0.1) is 10.1 Å². The monoisotopic (exact) mass is 419 g/mol. The summed E-state index contributed by atoms with van der Waals surface area (Å²) in [6.45, 7) is 0. The highest BCUT2D eigenvalue weighted by Gasteiger charge is 2.18. The maximum absolute atomic E-state index is 12.2. The summed E-state index contributed by atoms with van der Waals surface area (Å²) in [7, 11) is 1.40. The number of amides is 1.